The fraction of sp³-hybridized carbons (Fsp3) is 1.00. The lowest BCUT2D eigenvalue weighted by atomic mass is 9.91. The molecular weight excluding hydrogens is 126 g/mol. The van der Waals surface area contributed by atoms with Crippen LogP contribution in [0.1, 0.15) is 13.3 Å². The molecule has 0 aromatic heterocycles. The Morgan fingerprint density at radius 2 is 2.20 bits per heavy atom. The van der Waals surface area contributed by atoms with Crippen LogP contribution in [0.4, 0.5) is 0 Å². The molecule has 0 amide bonds. The smallest absolute Gasteiger partial charge is 0.0379 e. The molecule has 2 fully saturated rings. The molecule has 3 N–H and O–H groups in total. The molecule has 2 aliphatic rings. The molecule has 2 saturated heterocycles. The Bertz CT molecular complexity index is 126. The van der Waals surface area contributed by atoms with Crippen molar-refractivity contribution in [2.45, 2.75) is 25.4 Å². The highest BCUT2D eigenvalue weighted by molar-refractivity contribution is 4.90. The molecule has 3 unspecified atom stereocenters. The van der Waals surface area contributed by atoms with Crippen LogP contribution in [0.15, 0.2) is 0 Å². The molecule has 2 heterocycles. The Morgan fingerprint density at radius 3 is 3.10 bits per heavy atom. The zero-order valence-electron chi connectivity index (χ0n) is 6.35. The van der Waals surface area contributed by atoms with Gasteiger partial charge in [0.1, 0.15) is 0 Å². The van der Waals surface area contributed by atoms with Crippen molar-refractivity contribution in [3.63, 3.8) is 0 Å². The van der Waals surface area contributed by atoms with Gasteiger partial charge in [0.05, 0.1) is 0 Å². The van der Waals surface area contributed by atoms with Gasteiger partial charge >= 0.3 is 0 Å². The van der Waals surface area contributed by atoms with Crippen LogP contribution in [0.5, 0.6) is 0 Å². The second-order valence-electron chi connectivity index (χ2n) is 3.44. The summed E-state index contributed by atoms with van der Waals surface area (Å²) in [4.78, 5) is 0. The zero-order valence-corrected chi connectivity index (χ0v) is 6.35. The highest BCUT2D eigenvalue weighted by Crippen LogP contribution is 2.18. The quantitative estimate of drug-likeness (QED) is 0.424. The average molecular weight is 141 g/mol. The lowest BCUT2D eigenvalue weighted by Gasteiger charge is -2.29. The first-order valence-electron chi connectivity index (χ1n) is 4.08. The van der Waals surface area contributed by atoms with Gasteiger partial charge in [-0.15, -0.1) is 0 Å². The monoisotopic (exact) mass is 141 g/mol. The molecule has 0 bridgehead atoms. The van der Waals surface area contributed by atoms with Crippen LogP contribution in [-0.4, -0.2) is 25.2 Å². The zero-order chi connectivity index (χ0) is 6.97. The minimum atomic E-state index is 0.677. The largest absolute Gasteiger partial charge is 0.313 e. The number of rotatable bonds is 0. The van der Waals surface area contributed by atoms with Gasteiger partial charge in [-0.3, -0.25) is 10.9 Å². The summed E-state index contributed by atoms with van der Waals surface area (Å²) in [5, 5.41) is 3.45. The van der Waals surface area contributed by atoms with E-state index in [2.05, 4.69) is 23.1 Å². The highest BCUT2D eigenvalue weighted by Gasteiger charge is 2.31. The van der Waals surface area contributed by atoms with E-state index in [1.54, 1.807) is 0 Å². The predicted octanol–water partition coefficient (Wildman–Crippen LogP) is -0.539. The molecule has 0 aromatic carbocycles. The number of hydrogen-bond donors (Lipinski definition) is 3. The first kappa shape index (κ1) is 6.58. The van der Waals surface area contributed by atoms with Crippen molar-refractivity contribution in [1.82, 2.24) is 16.2 Å². The van der Waals surface area contributed by atoms with Gasteiger partial charge in [0.25, 0.3) is 0 Å². The molecule has 2 rings (SSSR count). The number of piperidine rings is 1. The average Bonchev–Trinajstić information content (AvgIpc) is 2.33. The van der Waals surface area contributed by atoms with Crippen LogP contribution in [0, 0.1) is 5.92 Å². The molecule has 58 valence electrons. The number of nitrogens with one attached hydrogen (secondary N) is 3. The van der Waals surface area contributed by atoms with E-state index in [9.17, 15) is 0 Å². The lowest BCUT2D eigenvalue weighted by Crippen LogP contribution is -2.48. The second kappa shape index (κ2) is 2.49. The van der Waals surface area contributed by atoms with Crippen molar-refractivity contribution >= 4 is 0 Å². The van der Waals surface area contributed by atoms with Crippen molar-refractivity contribution in [2.75, 3.05) is 13.1 Å². The topological polar surface area (TPSA) is 36.1 Å². The molecule has 0 aromatic rings. The maximum atomic E-state index is 3.45. The third-order valence-electron chi connectivity index (χ3n) is 2.56. The van der Waals surface area contributed by atoms with E-state index in [0.29, 0.717) is 12.1 Å². The maximum absolute atomic E-state index is 3.45. The third kappa shape index (κ3) is 1.05. The molecule has 0 saturated carbocycles. The van der Waals surface area contributed by atoms with Gasteiger partial charge in [0, 0.05) is 25.2 Å². The van der Waals surface area contributed by atoms with Crippen LogP contribution in [-0.2, 0) is 0 Å². The molecule has 2 aliphatic heterocycles. The molecule has 0 aliphatic carbocycles. The summed E-state index contributed by atoms with van der Waals surface area (Å²) >= 11 is 0. The molecular formula is C7H15N3. The summed E-state index contributed by atoms with van der Waals surface area (Å²) in [6, 6.07) is 1.39. The van der Waals surface area contributed by atoms with Crippen molar-refractivity contribution in [3.8, 4) is 0 Å². The van der Waals surface area contributed by atoms with Gasteiger partial charge in [0.2, 0.25) is 0 Å². The Morgan fingerprint density at radius 1 is 1.30 bits per heavy atom. The van der Waals surface area contributed by atoms with Crippen LogP contribution >= 0.6 is 0 Å². The summed E-state index contributed by atoms with van der Waals surface area (Å²) in [6.07, 6.45) is 1.31. The maximum Gasteiger partial charge on any atom is 0.0379 e. The number of hydrazine groups is 1. The van der Waals surface area contributed by atoms with E-state index in [1.165, 1.54) is 6.42 Å². The van der Waals surface area contributed by atoms with Crippen molar-refractivity contribution in [3.05, 3.63) is 0 Å². The van der Waals surface area contributed by atoms with Gasteiger partial charge < -0.3 is 5.32 Å². The molecule has 10 heavy (non-hydrogen) atoms. The Labute approximate surface area is 61.5 Å². The van der Waals surface area contributed by atoms with Crippen LogP contribution in [0.25, 0.3) is 0 Å². The molecule has 3 heteroatoms. The molecule has 3 atom stereocenters. The second-order valence-corrected chi connectivity index (χ2v) is 3.44. The minimum Gasteiger partial charge on any atom is -0.313 e. The Balaban J connectivity index is 1.96. The van der Waals surface area contributed by atoms with Crippen LogP contribution in [0.3, 0.4) is 0 Å². The summed E-state index contributed by atoms with van der Waals surface area (Å²) in [6.45, 7) is 4.53. The highest BCUT2D eigenvalue weighted by atomic mass is 15.4. The fourth-order valence-electron chi connectivity index (χ4n) is 1.91. The van der Waals surface area contributed by atoms with Crippen molar-refractivity contribution in [1.29, 1.82) is 0 Å². The summed E-state index contributed by atoms with van der Waals surface area (Å²) in [5.74, 6) is 0.858. The summed E-state index contributed by atoms with van der Waals surface area (Å²) < 4.78 is 0. The molecule has 0 radical (unpaired) electrons. The minimum absolute atomic E-state index is 0.677. The van der Waals surface area contributed by atoms with Crippen LogP contribution in [0.2, 0.25) is 0 Å². The van der Waals surface area contributed by atoms with Gasteiger partial charge in [-0.1, -0.05) is 0 Å². The lowest BCUT2D eigenvalue weighted by molar-refractivity contribution is 0.299. The Hall–Kier alpha value is -0.120. The van der Waals surface area contributed by atoms with Gasteiger partial charge in [-0.25, -0.2) is 0 Å². The first-order valence-corrected chi connectivity index (χ1v) is 4.08. The normalized spacial score (nSPS) is 47.1. The standard InChI is InChI=1S/C7H15N3/c1-5-2-6-3-9-10-7(6)4-8-5/h5-10H,2-4H2,1H3. The number of hydrogen-bond acceptors (Lipinski definition) is 3. The predicted molar refractivity (Wildman–Crippen MR) is 40.5 cm³/mol. The Kier molecular flexibility index (Phi) is 1.64. The van der Waals surface area contributed by atoms with Gasteiger partial charge in [-0.2, -0.15) is 0 Å². The SMILES string of the molecule is CC1CC2CNNC2CN1. The van der Waals surface area contributed by atoms with Gasteiger partial charge in [-0.05, 0) is 19.3 Å². The first-order chi connectivity index (χ1) is 4.86. The van der Waals surface area contributed by atoms with Crippen molar-refractivity contribution < 1.29 is 0 Å². The van der Waals surface area contributed by atoms with Crippen molar-refractivity contribution in [2.24, 2.45) is 5.92 Å². The third-order valence-corrected chi connectivity index (χ3v) is 2.56. The van der Waals surface area contributed by atoms with E-state index in [-0.39, 0.29) is 0 Å². The summed E-state index contributed by atoms with van der Waals surface area (Å²) in [7, 11) is 0. The molecule has 0 spiro atoms. The van der Waals surface area contributed by atoms with E-state index in [0.717, 1.165) is 19.0 Å². The molecule has 3 nitrogen and oxygen atoms in total. The van der Waals surface area contributed by atoms with E-state index in [4.69, 9.17) is 0 Å². The van der Waals surface area contributed by atoms with E-state index >= 15 is 0 Å². The van der Waals surface area contributed by atoms with Gasteiger partial charge in [0.15, 0.2) is 0 Å². The van der Waals surface area contributed by atoms with E-state index in [1.807, 2.05) is 0 Å². The van der Waals surface area contributed by atoms with E-state index < -0.39 is 0 Å². The van der Waals surface area contributed by atoms with Crippen LogP contribution < -0.4 is 16.2 Å². The fourth-order valence-corrected chi connectivity index (χ4v) is 1.91. The summed E-state index contributed by atoms with van der Waals surface area (Å²) in [5.41, 5.74) is 6.46. The number of fused-ring (bicyclic) bond motifs is 1.